The Kier molecular flexibility index (Phi) is 6.73. The second-order valence-corrected chi connectivity index (χ2v) is 7.89. The number of hydrogen-bond acceptors (Lipinski definition) is 5. The van der Waals surface area contributed by atoms with Crippen LogP contribution in [0.3, 0.4) is 0 Å². The van der Waals surface area contributed by atoms with E-state index in [9.17, 15) is 9.59 Å². The van der Waals surface area contributed by atoms with E-state index in [1.807, 2.05) is 85.8 Å². The minimum Gasteiger partial charge on any atom is -0.481 e. The maximum absolute atomic E-state index is 12.5. The summed E-state index contributed by atoms with van der Waals surface area (Å²) in [6, 6.07) is 24.5. The normalized spacial score (nSPS) is 11.6. The van der Waals surface area contributed by atoms with Gasteiger partial charge in [0.25, 0.3) is 0 Å². The van der Waals surface area contributed by atoms with Gasteiger partial charge in [0.1, 0.15) is 17.5 Å². The number of carbonyl (C=O) groups is 2. The number of amides is 1. The van der Waals surface area contributed by atoms with Crippen molar-refractivity contribution in [3.63, 3.8) is 0 Å². The van der Waals surface area contributed by atoms with Gasteiger partial charge in [0.05, 0.1) is 6.42 Å². The van der Waals surface area contributed by atoms with Gasteiger partial charge in [-0.05, 0) is 36.1 Å². The van der Waals surface area contributed by atoms with E-state index in [0.717, 1.165) is 27.8 Å². The van der Waals surface area contributed by atoms with Crippen LogP contribution >= 0.6 is 0 Å². The standard InChI is InChI=1S/C27H24N2O5/c1-17(20-6-4-3-5-7-20)33-27(32)28-25-18(2)34-29-26(25)23-14-12-22(13-15-23)21-10-8-19(9-11-21)16-24(30)31/h3-15,17H,16H2,1-2H3,(H,28,32)(H,30,31)/t17-/m1/s1. The number of benzene rings is 3. The number of anilines is 1. The zero-order valence-corrected chi connectivity index (χ0v) is 18.8. The number of carboxylic acids is 1. The first-order valence-electron chi connectivity index (χ1n) is 10.8. The van der Waals surface area contributed by atoms with E-state index in [1.54, 1.807) is 6.92 Å². The van der Waals surface area contributed by atoms with Crippen molar-refractivity contribution in [3.05, 3.63) is 95.7 Å². The molecule has 2 N–H and O–H groups in total. The second-order valence-electron chi connectivity index (χ2n) is 7.89. The lowest BCUT2D eigenvalue weighted by molar-refractivity contribution is -0.136. The zero-order valence-electron chi connectivity index (χ0n) is 18.8. The highest BCUT2D eigenvalue weighted by molar-refractivity contribution is 5.91. The summed E-state index contributed by atoms with van der Waals surface area (Å²) in [5.41, 5.74) is 5.31. The Morgan fingerprint density at radius 3 is 2.15 bits per heavy atom. The van der Waals surface area contributed by atoms with E-state index < -0.39 is 18.2 Å². The first kappa shape index (κ1) is 22.8. The van der Waals surface area contributed by atoms with Crippen molar-refractivity contribution in [2.45, 2.75) is 26.4 Å². The minimum absolute atomic E-state index is 0.00688. The maximum Gasteiger partial charge on any atom is 0.412 e. The molecular weight excluding hydrogens is 432 g/mol. The zero-order chi connectivity index (χ0) is 24.1. The minimum atomic E-state index is -0.858. The summed E-state index contributed by atoms with van der Waals surface area (Å²) in [4.78, 5) is 23.4. The monoisotopic (exact) mass is 456 g/mol. The topological polar surface area (TPSA) is 102 Å². The van der Waals surface area contributed by atoms with Gasteiger partial charge in [0.2, 0.25) is 0 Å². The number of aryl methyl sites for hydroxylation is 1. The van der Waals surface area contributed by atoms with Gasteiger partial charge in [-0.25, -0.2) is 4.79 Å². The van der Waals surface area contributed by atoms with Crippen LogP contribution in [0.15, 0.2) is 83.4 Å². The third-order valence-electron chi connectivity index (χ3n) is 5.44. The fourth-order valence-corrected chi connectivity index (χ4v) is 3.61. The number of ether oxygens (including phenoxy) is 1. The van der Waals surface area contributed by atoms with E-state index in [-0.39, 0.29) is 6.42 Å². The maximum atomic E-state index is 12.5. The van der Waals surface area contributed by atoms with E-state index in [0.29, 0.717) is 17.1 Å². The highest BCUT2D eigenvalue weighted by Gasteiger charge is 2.19. The predicted molar refractivity (Wildman–Crippen MR) is 128 cm³/mol. The molecule has 0 saturated carbocycles. The SMILES string of the molecule is Cc1onc(-c2ccc(-c3ccc(CC(=O)O)cc3)cc2)c1NC(=O)O[C@H](C)c1ccccc1. The second kappa shape index (κ2) is 10.0. The fourth-order valence-electron chi connectivity index (χ4n) is 3.61. The third kappa shape index (κ3) is 5.32. The van der Waals surface area contributed by atoms with Crippen LogP contribution < -0.4 is 5.32 Å². The number of hydrogen-bond donors (Lipinski definition) is 2. The number of carbonyl (C=O) groups excluding carboxylic acids is 1. The lowest BCUT2D eigenvalue weighted by atomic mass is 10.0. The molecule has 7 nitrogen and oxygen atoms in total. The van der Waals surface area contributed by atoms with Gasteiger partial charge < -0.3 is 14.4 Å². The van der Waals surface area contributed by atoms with Gasteiger partial charge >= 0.3 is 12.1 Å². The number of nitrogens with one attached hydrogen (secondary N) is 1. The van der Waals surface area contributed by atoms with E-state index in [1.165, 1.54) is 0 Å². The lowest BCUT2D eigenvalue weighted by Crippen LogP contribution is -2.16. The Hall–Kier alpha value is -4.39. The van der Waals surface area contributed by atoms with Gasteiger partial charge in [-0.3, -0.25) is 10.1 Å². The molecule has 0 saturated heterocycles. The summed E-state index contributed by atoms with van der Waals surface area (Å²) in [6.45, 7) is 3.53. The summed E-state index contributed by atoms with van der Waals surface area (Å²) in [5.74, 6) is -0.389. The van der Waals surface area contributed by atoms with Crippen LogP contribution in [0.5, 0.6) is 0 Å². The fraction of sp³-hybridized carbons (Fsp3) is 0.148. The van der Waals surface area contributed by atoms with Gasteiger partial charge in [0.15, 0.2) is 5.76 Å². The largest absolute Gasteiger partial charge is 0.481 e. The van der Waals surface area contributed by atoms with Crippen molar-refractivity contribution in [3.8, 4) is 22.4 Å². The summed E-state index contributed by atoms with van der Waals surface area (Å²) >= 11 is 0. The lowest BCUT2D eigenvalue weighted by Gasteiger charge is -2.14. The summed E-state index contributed by atoms with van der Waals surface area (Å²) in [7, 11) is 0. The number of carboxylic acid groups (broad SMARTS) is 1. The molecule has 0 spiro atoms. The third-order valence-corrected chi connectivity index (χ3v) is 5.44. The summed E-state index contributed by atoms with van der Waals surface area (Å²) < 4.78 is 10.8. The van der Waals surface area contributed by atoms with Gasteiger partial charge in [-0.2, -0.15) is 0 Å². The Labute approximate surface area is 197 Å². The molecule has 0 unspecified atom stereocenters. The number of nitrogens with zero attached hydrogens (tertiary/aromatic N) is 1. The molecule has 1 atom stereocenters. The molecule has 34 heavy (non-hydrogen) atoms. The quantitative estimate of drug-likeness (QED) is 0.341. The molecule has 0 bridgehead atoms. The van der Waals surface area contributed by atoms with Crippen LogP contribution in [0.25, 0.3) is 22.4 Å². The van der Waals surface area contributed by atoms with Crippen LogP contribution in [0.4, 0.5) is 10.5 Å². The van der Waals surface area contributed by atoms with Crippen LogP contribution in [0.1, 0.15) is 29.9 Å². The Morgan fingerprint density at radius 1 is 0.941 bits per heavy atom. The molecule has 0 aliphatic rings. The predicted octanol–water partition coefficient (Wildman–Crippen LogP) is 6.25. The van der Waals surface area contributed by atoms with Crippen molar-refractivity contribution >= 4 is 17.7 Å². The molecule has 7 heteroatoms. The molecule has 0 fully saturated rings. The van der Waals surface area contributed by atoms with Crippen molar-refractivity contribution in [2.24, 2.45) is 0 Å². The van der Waals surface area contributed by atoms with Crippen molar-refractivity contribution < 1.29 is 24.0 Å². The van der Waals surface area contributed by atoms with Gasteiger partial charge in [-0.1, -0.05) is 84.0 Å². The molecule has 4 aromatic rings. The van der Waals surface area contributed by atoms with Crippen LogP contribution in [-0.4, -0.2) is 22.3 Å². The van der Waals surface area contributed by atoms with Crippen LogP contribution in [0, 0.1) is 6.92 Å². The summed E-state index contributed by atoms with van der Waals surface area (Å²) in [6.07, 6.45) is -1.01. The molecule has 3 aromatic carbocycles. The Bertz CT molecular complexity index is 1280. The van der Waals surface area contributed by atoms with E-state index >= 15 is 0 Å². The van der Waals surface area contributed by atoms with E-state index in [4.69, 9.17) is 14.4 Å². The molecule has 0 aliphatic carbocycles. The van der Waals surface area contributed by atoms with Crippen LogP contribution in [0.2, 0.25) is 0 Å². The Morgan fingerprint density at radius 2 is 1.53 bits per heavy atom. The molecule has 4 rings (SSSR count). The number of rotatable bonds is 7. The van der Waals surface area contributed by atoms with Gasteiger partial charge in [-0.15, -0.1) is 0 Å². The molecule has 172 valence electrons. The van der Waals surface area contributed by atoms with Gasteiger partial charge in [0, 0.05) is 5.56 Å². The average molecular weight is 456 g/mol. The highest BCUT2D eigenvalue weighted by atomic mass is 16.6. The smallest absolute Gasteiger partial charge is 0.412 e. The molecular formula is C27H24N2O5. The first-order chi connectivity index (χ1) is 16.4. The van der Waals surface area contributed by atoms with E-state index in [2.05, 4.69) is 10.5 Å². The first-order valence-corrected chi connectivity index (χ1v) is 10.8. The number of aliphatic carboxylic acids is 1. The number of aromatic nitrogens is 1. The average Bonchev–Trinajstić information content (AvgIpc) is 3.19. The molecule has 1 amide bonds. The molecule has 1 aromatic heterocycles. The van der Waals surface area contributed by atoms with Crippen molar-refractivity contribution in [1.29, 1.82) is 0 Å². The van der Waals surface area contributed by atoms with Crippen molar-refractivity contribution in [1.82, 2.24) is 5.16 Å². The Balaban J connectivity index is 1.48. The molecule has 0 radical (unpaired) electrons. The van der Waals surface area contributed by atoms with Crippen molar-refractivity contribution in [2.75, 3.05) is 5.32 Å². The molecule has 1 heterocycles. The van der Waals surface area contributed by atoms with Crippen LogP contribution in [-0.2, 0) is 16.0 Å². The highest BCUT2D eigenvalue weighted by Crippen LogP contribution is 2.32. The molecule has 0 aliphatic heterocycles. The summed E-state index contributed by atoms with van der Waals surface area (Å²) in [5, 5.41) is 15.8.